The molecule has 142 valence electrons. The van der Waals surface area contributed by atoms with Gasteiger partial charge in [0, 0.05) is 0 Å². The highest BCUT2D eigenvalue weighted by Crippen LogP contribution is 2.29. The summed E-state index contributed by atoms with van der Waals surface area (Å²) >= 11 is 0. The van der Waals surface area contributed by atoms with E-state index in [1.807, 2.05) is 24.3 Å². The van der Waals surface area contributed by atoms with E-state index in [4.69, 9.17) is 0 Å². The van der Waals surface area contributed by atoms with Crippen LogP contribution in [0.25, 0.3) is 0 Å². The number of hydrogen-bond acceptors (Lipinski definition) is 2. The van der Waals surface area contributed by atoms with Crippen LogP contribution in [0.3, 0.4) is 0 Å². The van der Waals surface area contributed by atoms with Gasteiger partial charge >= 0.3 is 0 Å². The molecule has 2 aromatic rings. The molecule has 0 amide bonds. The standard InChI is InChI=1S/C24H34O2/c1-23(2,3)19-11-7-17(8-12-19)21(25)15-16-22(26)18-9-13-20(14-10-18)24(4,5)6/h7-14,21-22,25-26H,15-16H2,1-6H3/t21-,22-/m1/s1. The molecular weight excluding hydrogens is 320 g/mol. The molecular formula is C24H34O2. The Morgan fingerprint density at radius 2 is 0.846 bits per heavy atom. The molecule has 0 saturated heterocycles. The van der Waals surface area contributed by atoms with Crippen molar-refractivity contribution in [2.75, 3.05) is 0 Å². The molecule has 0 aliphatic heterocycles. The smallest absolute Gasteiger partial charge is 0.0791 e. The van der Waals surface area contributed by atoms with E-state index in [0.717, 1.165) is 11.1 Å². The third kappa shape index (κ3) is 5.43. The summed E-state index contributed by atoms with van der Waals surface area (Å²) < 4.78 is 0. The zero-order valence-electron chi connectivity index (χ0n) is 17.1. The fourth-order valence-corrected chi connectivity index (χ4v) is 3.06. The van der Waals surface area contributed by atoms with Crippen LogP contribution in [0, 0.1) is 0 Å². The number of hydrogen-bond donors (Lipinski definition) is 2. The summed E-state index contributed by atoms with van der Waals surface area (Å²) in [5, 5.41) is 20.9. The molecule has 0 aliphatic carbocycles. The molecule has 0 aliphatic rings. The average Bonchev–Trinajstić information content (AvgIpc) is 2.58. The molecule has 2 nitrogen and oxygen atoms in total. The predicted molar refractivity (Wildman–Crippen MR) is 109 cm³/mol. The van der Waals surface area contributed by atoms with Crippen molar-refractivity contribution in [1.29, 1.82) is 0 Å². The van der Waals surface area contributed by atoms with Crippen LogP contribution in [0.5, 0.6) is 0 Å². The van der Waals surface area contributed by atoms with Gasteiger partial charge in [-0.25, -0.2) is 0 Å². The Morgan fingerprint density at radius 3 is 1.08 bits per heavy atom. The second-order valence-corrected chi connectivity index (χ2v) is 9.35. The molecule has 0 saturated carbocycles. The molecule has 26 heavy (non-hydrogen) atoms. The SMILES string of the molecule is CC(C)(C)c1ccc([C@H](O)CC[C@@H](O)c2ccc(C(C)(C)C)cc2)cc1. The first-order chi connectivity index (χ1) is 12.0. The number of benzene rings is 2. The Morgan fingerprint density at radius 1 is 0.577 bits per heavy atom. The largest absolute Gasteiger partial charge is 0.388 e. The van der Waals surface area contributed by atoms with Crippen LogP contribution >= 0.6 is 0 Å². The zero-order valence-corrected chi connectivity index (χ0v) is 17.1. The van der Waals surface area contributed by atoms with Crippen LogP contribution in [-0.2, 0) is 10.8 Å². The van der Waals surface area contributed by atoms with Crippen molar-refractivity contribution < 1.29 is 10.2 Å². The highest BCUT2D eigenvalue weighted by atomic mass is 16.3. The minimum atomic E-state index is -0.549. The Hall–Kier alpha value is -1.64. The lowest BCUT2D eigenvalue weighted by Crippen LogP contribution is -2.11. The van der Waals surface area contributed by atoms with Gasteiger partial charge < -0.3 is 10.2 Å². The summed E-state index contributed by atoms with van der Waals surface area (Å²) in [6, 6.07) is 16.3. The second-order valence-electron chi connectivity index (χ2n) is 9.35. The van der Waals surface area contributed by atoms with E-state index in [1.165, 1.54) is 11.1 Å². The van der Waals surface area contributed by atoms with E-state index in [-0.39, 0.29) is 10.8 Å². The lowest BCUT2D eigenvalue weighted by Gasteiger charge is -2.21. The summed E-state index contributed by atoms with van der Waals surface area (Å²) in [6.45, 7) is 13.1. The van der Waals surface area contributed by atoms with Crippen LogP contribution in [-0.4, -0.2) is 10.2 Å². The molecule has 2 heteroatoms. The quantitative estimate of drug-likeness (QED) is 0.709. The second kappa shape index (κ2) is 7.94. The summed E-state index contributed by atoms with van der Waals surface area (Å²) in [6.07, 6.45) is -0.0197. The molecule has 0 unspecified atom stereocenters. The first-order valence-corrected chi connectivity index (χ1v) is 9.55. The first kappa shape index (κ1) is 20.7. The Kier molecular flexibility index (Phi) is 6.31. The van der Waals surface area contributed by atoms with Crippen LogP contribution in [0.15, 0.2) is 48.5 Å². The van der Waals surface area contributed by atoms with Crippen molar-refractivity contribution in [1.82, 2.24) is 0 Å². The Labute approximate surface area is 158 Å². The maximum Gasteiger partial charge on any atom is 0.0791 e. The fourth-order valence-electron chi connectivity index (χ4n) is 3.06. The zero-order chi connectivity index (χ0) is 19.5. The van der Waals surface area contributed by atoms with Gasteiger partial charge in [0.25, 0.3) is 0 Å². The maximum atomic E-state index is 10.4. The van der Waals surface area contributed by atoms with Crippen LogP contribution in [0.1, 0.15) is 88.8 Å². The lowest BCUT2D eigenvalue weighted by molar-refractivity contribution is 0.115. The first-order valence-electron chi connectivity index (χ1n) is 9.55. The molecule has 0 fully saturated rings. The normalized spacial score (nSPS) is 14.9. The lowest BCUT2D eigenvalue weighted by atomic mass is 9.85. The van der Waals surface area contributed by atoms with Gasteiger partial charge in [0.2, 0.25) is 0 Å². The number of aliphatic hydroxyl groups excluding tert-OH is 2. The molecule has 0 heterocycles. The van der Waals surface area contributed by atoms with Gasteiger partial charge in [0.05, 0.1) is 12.2 Å². The fraction of sp³-hybridized carbons (Fsp3) is 0.500. The highest BCUT2D eigenvalue weighted by molar-refractivity contribution is 5.30. The van der Waals surface area contributed by atoms with Crippen molar-refractivity contribution in [3.05, 3.63) is 70.8 Å². The van der Waals surface area contributed by atoms with E-state index in [9.17, 15) is 10.2 Å². The molecule has 0 radical (unpaired) electrons. The molecule has 2 rings (SSSR count). The Balaban J connectivity index is 1.95. The van der Waals surface area contributed by atoms with Crippen LogP contribution < -0.4 is 0 Å². The van der Waals surface area contributed by atoms with Crippen LogP contribution in [0.4, 0.5) is 0 Å². The average molecular weight is 355 g/mol. The van der Waals surface area contributed by atoms with E-state index in [2.05, 4.69) is 65.8 Å². The topological polar surface area (TPSA) is 40.5 Å². The summed E-state index contributed by atoms with van der Waals surface area (Å²) in [4.78, 5) is 0. The molecule has 2 aromatic carbocycles. The minimum absolute atomic E-state index is 0.110. The van der Waals surface area contributed by atoms with Gasteiger partial charge in [-0.1, -0.05) is 90.1 Å². The molecule has 0 bridgehead atoms. The molecule has 2 atom stereocenters. The van der Waals surface area contributed by atoms with E-state index in [0.29, 0.717) is 12.8 Å². The van der Waals surface area contributed by atoms with E-state index in [1.54, 1.807) is 0 Å². The van der Waals surface area contributed by atoms with Gasteiger partial charge in [-0.3, -0.25) is 0 Å². The predicted octanol–water partition coefficient (Wildman–Crippen LogP) is 5.83. The summed E-state index contributed by atoms with van der Waals surface area (Å²) in [7, 11) is 0. The highest BCUT2D eigenvalue weighted by Gasteiger charge is 2.17. The van der Waals surface area contributed by atoms with Crippen molar-refractivity contribution in [3.63, 3.8) is 0 Å². The van der Waals surface area contributed by atoms with Crippen molar-refractivity contribution in [2.24, 2.45) is 0 Å². The number of aliphatic hydroxyl groups is 2. The van der Waals surface area contributed by atoms with Gasteiger partial charge in [-0.05, 0) is 45.9 Å². The molecule has 0 spiro atoms. The molecule has 2 N–H and O–H groups in total. The van der Waals surface area contributed by atoms with Gasteiger partial charge in [0.1, 0.15) is 0 Å². The summed E-state index contributed by atoms with van der Waals surface area (Å²) in [5.74, 6) is 0. The minimum Gasteiger partial charge on any atom is -0.388 e. The summed E-state index contributed by atoms with van der Waals surface area (Å²) in [5.41, 5.74) is 4.55. The van der Waals surface area contributed by atoms with Gasteiger partial charge in [-0.15, -0.1) is 0 Å². The van der Waals surface area contributed by atoms with Crippen LogP contribution in [0.2, 0.25) is 0 Å². The maximum absolute atomic E-state index is 10.4. The van der Waals surface area contributed by atoms with E-state index < -0.39 is 12.2 Å². The third-order valence-corrected chi connectivity index (χ3v) is 5.04. The van der Waals surface area contributed by atoms with Crippen molar-refractivity contribution in [2.45, 2.75) is 77.4 Å². The number of rotatable bonds is 5. The monoisotopic (exact) mass is 354 g/mol. The Bertz CT molecular complexity index is 621. The third-order valence-electron chi connectivity index (χ3n) is 5.04. The van der Waals surface area contributed by atoms with Crippen molar-refractivity contribution >= 4 is 0 Å². The van der Waals surface area contributed by atoms with Crippen molar-refractivity contribution in [3.8, 4) is 0 Å². The molecule has 0 aromatic heterocycles. The van der Waals surface area contributed by atoms with Gasteiger partial charge in [0.15, 0.2) is 0 Å². The van der Waals surface area contributed by atoms with Gasteiger partial charge in [-0.2, -0.15) is 0 Å². The van der Waals surface area contributed by atoms with E-state index >= 15 is 0 Å².